The molecule has 0 aromatic heterocycles. The normalized spacial score (nSPS) is 9.53. The first-order valence-electron chi connectivity index (χ1n) is 5.60. The van der Waals surface area contributed by atoms with Crippen LogP contribution in [0.5, 0.6) is 0 Å². The van der Waals surface area contributed by atoms with Gasteiger partial charge < -0.3 is 9.80 Å². The molecule has 0 radical (unpaired) electrons. The van der Waals surface area contributed by atoms with Crippen LogP contribution in [0.3, 0.4) is 0 Å². The molecule has 0 fully saturated rings. The van der Waals surface area contributed by atoms with Gasteiger partial charge in [0.25, 0.3) is 5.91 Å². The number of rotatable bonds is 4. The first kappa shape index (κ1) is 13.1. The van der Waals surface area contributed by atoms with Crippen molar-refractivity contribution in [3.8, 4) is 12.3 Å². The van der Waals surface area contributed by atoms with Gasteiger partial charge in [0.05, 0.1) is 6.54 Å². The molecule has 0 atom stereocenters. The van der Waals surface area contributed by atoms with E-state index in [0.29, 0.717) is 18.7 Å². The van der Waals surface area contributed by atoms with Crippen molar-refractivity contribution in [1.29, 1.82) is 0 Å². The molecule has 3 heteroatoms. The third-order valence-corrected chi connectivity index (χ3v) is 2.56. The maximum Gasteiger partial charge on any atom is 0.254 e. The topological polar surface area (TPSA) is 23.6 Å². The maximum absolute atomic E-state index is 12.2. The van der Waals surface area contributed by atoms with E-state index >= 15 is 0 Å². The van der Waals surface area contributed by atoms with Gasteiger partial charge in [-0.1, -0.05) is 12.0 Å². The summed E-state index contributed by atoms with van der Waals surface area (Å²) in [4.78, 5) is 15.8. The van der Waals surface area contributed by atoms with Crippen LogP contribution in [0.25, 0.3) is 0 Å². The van der Waals surface area contributed by atoms with Crippen LogP contribution < -0.4 is 4.90 Å². The minimum Gasteiger partial charge on any atom is -0.378 e. The first-order valence-corrected chi connectivity index (χ1v) is 5.60. The average molecular weight is 230 g/mol. The lowest BCUT2D eigenvalue weighted by Gasteiger charge is -2.19. The lowest BCUT2D eigenvalue weighted by atomic mass is 10.1. The van der Waals surface area contributed by atoms with E-state index in [1.165, 1.54) is 0 Å². The van der Waals surface area contributed by atoms with Gasteiger partial charge in [0, 0.05) is 31.9 Å². The number of nitrogens with zero attached hydrogens (tertiary/aromatic N) is 2. The van der Waals surface area contributed by atoms with Crippen LogP contribution in [0.4, 0.5) is 5.69 Å². The quantitative estimate of drug-likeness (QED) is 0.737. The van der Waals surface area contributed by atoms with Gasteiger partial charge in [-0.25, -0.2) is 0 Å². The molecule has 0 heterocycles. The van der Waals surface area contributed by atoms with Crippen molar-refractivity contribution in [2.75, 3.05) is 32.1 Å². The fourth-order valence-electron chi connectivity index (χ4n) is 1.54. The summed E-state index contributed by atoms with van der Waals surface area (Å²) in [5.41, 5.74) is 1.68. The Bertz CT molecular complexity index is 432. The molecule has 0 N–H and O–H groups in total. The third kappa shape index (κ3) is 3.25. The van der Waals surface area contributed by atoms with Gasteiger partial charge >= 0.3 is 0 Å². The largest absolute Gasteiger partial charge is 0.378 e. The zero-order chi connectivity index (χ0) is 12.8. The molecule has 1 rings (SSSR count). The van der Waals surface area contributed by atoms with Crippen molar-refractivity contribution >= 4 is 11.6 Å². The molecule has 0 saturated carbocycles. The van der Waals surface area contributed by atoms with Crippen LogP contribution in [0.2, 0.25) is 0 Å². The molecule has 0 aliphatic heterocycles. The Kier molecular flexibility index (Phi) is 4.59. The predicted molar refractivity (Wildman–Crippen MR) is 71.2 cm³/mol. The van der Waals surface area contributed by atoms with Crippen LogP contribution in [0.15, 0.2) is 24.3 Å². The second-order valence-corrected chi connectivity index (χ2v) is 3.97. The monoisotopic (exact) mass is 230 g/mol. The molecular formula is C14H18N2O. The third-order valence-electron chi connectivity index (χ3n) is 2.56. The zero-order valence-corrected chi connectivity index (χ0v) is 10.6. The van der Waals surface area contributed by atoms with E-state index in [1.54, 1.807) is 4.90 Å². The molecular weight excluding hydrogens is 212 g/mol. The number of hydrogen-bond acceptors (Lipinski definition) is 2. The van der Waals surface area contributed by atoms with Gasteiger partial charge in [0.15, 0.2) is 0 Å². The van der Waals surface area contributed by atoms with E-state index in [2.05, 4.69) is 5.92 Å². The van der Waals surface area contributed by atoms with Gasteiger partial charge in [-0.15, -0.1) is 6.42 Å². The van der Waals surface area contributed by atoms with Crippen molar-refractivity contribution in [3.05, 3.63) is 29.8 Å². The lowest BCUT2D eigenvalue weighted by molar-refractivity contribution is 0.0785. The molecule has 0 aliphatic carbocycles. The fraction of sp³-hybridized carbons (Fsp3) is 0.357. The molecule has 0 unspecified atom stereocenters. The lowest BCUT2D eigenvalue weighted by Crippen LogP contribution is -2.31. The van der Waals surface area contributed by atoms with Crippen molar-refractivity contribution < 1.29 is 4.79 Å². The average Bonchev–Trinajstić information content (AvgIpc) is 2.35. The second-order valence-electron chi connectivity index (χ2n) is 3.97. The number of amides is 1. The van der Waals surface area contributed by atoms with Crippen LogP contribution in [0.1, 0.15) is 17.3 Å². The van der Waals surface area contributed by atoms with Crippen LogP contribution >= 0.6 is 0 Å². The summed E-state index contributed by atoms with van der Waals surface area (Å²) in [6.45, 7) is 2.89. The standard InChI is InChI=1S/C14H18N2O/c1-5-10-16(6-2)14(17)12-8-7-9-13(11-12)15(3)4/h1,7-9,11H,6,10H2,2-4H3. The Morgan fingerprint density at radius 1 is 1.41 bits per heavy atom. The van der Waals surface area contributed by atoms with Gasteiger partial charge in [0.1, 0.15) is 0 Å². The Morgan fingerprint density at radius 2 is 2.12 bits per heavy atom. The zero-order valence-electron chi connectivity index (χ0n) is 10.6. The van der Waals surface area contributed by atoms with Gasteiger partial charge in [-0.05, 0) is 25.1 Å². The van der Waals surface area contributed by atoms with Gasteiger partial charge in [-0.3, -0.25) is 4.79 Å². The van der Waals surface area contributed by atoms with Gasteiger partial charge in [-0.2, -0.15) is 0 Å². The van der Waals surface area contributed by atoms with E-state index in [0.717, 1.165) is 5.69 Å². The summed E-state index contributed by atoms with van der Waals surface area (Å²) in [6.07, 6.45) is 5.25. The number of carbonyl (C=O) groups is 1. The number of terminal acetylenes is 1. The highest BCUT2D eigenvalue weighted by atomic mass is 16.2. The highest BCUT2D eigenvalue weighted by Crippen LogP contribution is 2.14. The van der Waals surface area contributed by atoms with Crippen molar-refractivity contribution in [2.24, 2.45) is 0 Å². The summed E-state index contributed by atoms with van der Waals surface area (Å²) < 4.78 is 0. The number of carbonyl (C=O) groups excluding carboxylic acids is 1. The molecule has 17 heavy (non-hydrogen) atoms. The number of benzene rings is 1. The van der Waals surface area contributed by atoms with E-state index in [1.807, 2.05) is 50.2 Å². The summed E-state index contributed by atoms with van der Waals surface area (Å²) in [7, 11) is 3.89. The molecule has 0 saturated heterocycles. The Labute approximate surface area is 103 Å². The molecule has 0 aliphatic rings. The van der Waals surface area contributed by atoms with Crippen LogP contribution in [-0.2, 0) is 0 Å². The highest BCUT2D eigenvalue weighted by molar-refractivity contribution is 5.95. The summed E-state index contributed by atoms with van der Waals surface area (Å²) in [5, 5.41) is 0. The smallest absolute Gasteiger partial charge is 0.254 e. The maximum atomic E-state index is 12.2. The molecule has 1 aromatic rings. The van der Waals surface area contributed by atoms with Crippen molar-refractivity contribution in [2.45, 2.75) is 6.92 Å². The number of hydrogen-bond donors (Lipinski definition) is 0. The van der Waals surface area contributed by atoms with Crippen LogP contribution in [0, 0.1) is 12.3 Å². The minimum atomic E-state index is -0.0193. The van der Waals surface area contributed by atoms with E-state index in [4.69, 9.17) is 6.42 Å². The molecule has 1 aromatic carbocycles. The summed E-state index contributed by atoms with van der Waals surface area (Å²) in [6, 6.07) is 7.54. The van der Waals surface area contributed by atoms with E-state index in [-0.39, 0.29) is 5.91 Å². The van der Waals surface area contributed by atoms with Crippen molar-refractivity contribution in [1.82, 2.24) is 4.90 Å². The summed E-state index contributed by atoms with van der Waals surface area (Å²) >= 11 is 0. The van der Waals surface area contributed by atoms with Crippen LogP contribution in [-0.4, -0.2) is 38.0 Å². The second kappa shape index (κ2) is 5.95. The molecule has 0 spiro atoms. The highest BCUT2D eigenvalue weighted by Gasteiger charge is 2.13. The fourth-order valence-corrected chi connectivity index (χ4v) is 1.54. The van der Waals surface area contributed by atoms with E-state index < -0.39 is 0 Å². The Balaban J connectivity index is 2.96. The Hall–Kier alpha value is -1.95. The van der Waals surface area contributed by atoms with Gasteiger partial charge in [0.2, 0.25) is 0 Å². The Morgan fingerprint density at radius 3 is 2.65 bits per heavy atom. The summed E-state index contributed by atoms with van der Waals surface area (Å²) in [5.74, 6) is 2.48. The predicted octanol–water partition coefficient (Wildman–Crippen LogP) is 1.85. The molecule has 90 valence electrons. The first-order chi connectivity index (χ1) is 8.10. The van der Waals surface area contributed by atoms with Crippen molar-refractivity contribution in [3.63, 3.8) is 0 Å². The molecule has 1 amide bonds. The SMILES string of the molecule is C#CCN(CC)C(=O)c1cccc(N(C)C)c1. The van der Waals surface area contributed by atoms with E-state index in [9.17, 15) is 4.79 Å². The number of anilines is 1. The minimum absolute atomic E-state index is 0.0193. The molecule has 0 bridgehead atoms. The molecule has 3 nitrogen and oxygen atoms in total.